The molecule has 8 nitrogen and oxygen atoms in total. The van der Waals surface area contributed by atoms with Crippen LogP contribution in [0.15, 0.2) is 59.5 Å². The summed E-state index contributed by atoms with van der Waals surface area (Å²) in [6.07, 6.45) is 4.38. The van der Waals surface area contributed by atoms with Crippen LogP contribution >= 0.6 is 11.8 Å². The Morgan fingerprint density at radius 1 is 1.00 bits per heavy atom. The number of hydrogen-bond acceptors (Lipinski definition) is 6. The van der Waals surface area contributed by atoms with Crippen LogP contribution in [-0.4, -0.2) is 42.9 Å². The summed E-state index contributed by atoms with van der Waals surface area (Å²) in [6.45, 7) is 0. The van der Waals surface area contributed by atoms with E-state index in [0.717, 1.165) is 4.90 Å². The summed E-state index contributed by atoms with van der Waals surface area (Å²) >= 11 is 1.32. The summed E-state index contributed by atoms with van der Waals surface area (Å²) < 4.78 is 10.5. The topological polar surface area (TPSA) is 114 Å². The highest BCUT2D eigenvalue weighted by Gasteiger charge is 2.33. The number of aliphatic carboxylic acids is 1. The molecule has 174 valence electrons. The van der Waals surface area contributed by atoms with Gasteiger partial charge in [0.15, 0.2) is 0 Å². The molecule has 9 heteroatoms. The number of nitrogens with one attached hydrogen (secondary N) is 2. The fraction of sp³-hybridized carbons (Fsp3) is 0.292. The van der Waals surface area contributed by atoms with Crippen molar-refractivity contribution in [2.24, 2.45) is 11.8 Å². The minimum atomic E-state index is -0.969. The Morgan fingerprint density at radius 3 is 2.45 bits per heavy atom. The van der Waals surface area contributed by atoms with E-state index in [2.05, 4.69) is 10.6 Å². The van der Waals surface area contributed by atoms with Gasteiger partial charge in [-0.05, 0) is 43.2 Å². The van der Waals surface area contributed by atoms with Crippen molar-refractivity contribution in [1.29, 1.82) is 0 Å². The van der Waals surface area contributed by atoms with E-state index in [9.17, 15) is 19.5 Å². The minimum Gasteiger partial charge on any atom is -0.497 e. The van der Waals surface area contributed by atoms with Gasteiger partial charge in [-0.15, -0.1) is 11.8 Å². The zero-order chi connectivity index (χ0) is 23.8. The van der Waals surface area contributed by atoms with Crippen LogP contribution in [0.1, 0.15) is 12.8 Å². The third-order valence-electron chi connectivity index (χ3n) is 5.24. The molecule has 1 aliphatic carbocycles. The number of amides is 2. The first-order valence-electron chi connectivity index (χ1n) is 10.3. The molecule has 0 saturated heterocycles. The van der Waals surface area contributed by atoms with Gasteiger partial charge in [0, 0.05) is 16.6 Å². The van der Waals surface area contributed by atoms with E-state index in [-0.39, 0.29) is 17.6 Å². The number of benzene rings is 2. The average molecular weight is 471 g/mol. The average Bonchev–Trinajstić information content (AvgIpc) is 2.83. The van der Waals surface area contributed by atoms with E-state index >= 15 is 0 Å². The first-order valence-corrected chi connectivity index (χ1v) is 11.3. The second kappa shape index (κ2) is 11.4. The van der Waals surface area contributed by atoms with Gasteiger partial charge in [0.1, 0.15) is 11.5 Å². The molecule has 0 spiro atoms. The monoisotopic (exact) mass is 470 g/mol. The SMILES string of the molecule is COc1ccc(NC(=O)CSc2cccc(NC(=O)C3CC=CCC3C(=O)O)c2)c(OC)c1. The zero-order valence-corrected chi connectivity index (χ0v) is 19.2. The number of allylic oxidation sites excluding steroid dienone is 2. The maximum atomic E-state index is 12.7. The first kappa shape index (κ1) is 24.2. The molecule has 3 N–H and O–H groups in total. The second-order valence-corrected chi connectivity index (χ2v) is 8.46. The van der Waals surface area contributed by atoms with Gasteiger partial charge in [-0.1, -0.05) is 18.2 Å². The Balaban J connectivity index is 1.58. The number of carboxylic acid groups (broad SMARTS) is 1. The van der Waals surface area contributed by atoms with Crippen LogP contribution in [0.5, 0.6) is 11.5 Å². The van der Waals surface area contributed by atoms with Gasteiger partial charge in [-0.3, -0.25) is 14.4 Å². The molecular weight excluding hydrogens is 444 g/mol. The van der Waals surface area contributed by atoms with E-state index in [4.69, 9.17) is 9.47 Å². The number of carbonyl (C=O) groups is 3. The Morgan fingerprint density at radius 2 is 1.76 bits per heavy atom. The summed E-state index contributed by atoms with van der Waals surface area (Å²) in [6, 6.07) is 12.2. The number of carbonyl (C=O) groups excluding carboxylic acids is 2. The third-order valence-corrected chi connectivity index (χ3v) is 6.23. The van der Waals surface area contributed by atoms with Crippen molar-refractivity contribution in [1.82, 2.24) is 0 Å². The predicted molar refractivity (Wildman–Crippen MR) is 127 cm³/mol. The largest absolute Gasteiger partial charge is 0.497 e. The molecule has 1 aliphatic rings. The van der Waals surface area contributed by atoms with E-state index in [0.29, 0.717) is 35.7 Å². The number of ether oxygens (including phenoxy) is 2. The Kier molecular flexibility index (Phi) is 8.37. The molecule has 0 fully saturated rings. The Hall–Kier alpha value is -3.46. The number of hydrogen-bond donors (Lipinski definition) is 3. The first-order chi connectivity index (χ1) is 15.9. The van der Waals surface area contributed by atoms with Crippen molar-refractivity contribution in [2.45, 2.75) is 17.7 Å². The summed E-state index contributed by atoms with van der Waals surface area (Å²) in [5.41, 5.74) is 1.10. The smallest absolute Gasteiger partial charge is 0.307 e. The van der Waals surface area contributed by atoms with Gasteiger partial charge in [-0.25, -0.2) is 0 Å². The van der Waals surface area contributed by atoms with E-state index in [1.807, 2.05) is 12.1 Å². The van der Waals surface area contributed by atoms with Crippen LogP contribution in [0, 0.1) is 11.8 Å². The van der Waals surface area contributed by atoms with Gasteiger partial charge in [0.05, 0.1) is 37.5 Å². The summed E-state index contributed by atoms with van der Waals surface area (Å²) in [5, 5.41) is 15.0. The van der Waals surface area contributed by atoms with Crippen LogP contribution in [0.3, 0.4) is 0 Å². The summed E-state index contributed by atoms with van der Waals surface area (Å²) in [5.74, 6) is -1.58. The van der Waals surface area contributed by atoms with Crippen LogP contribution in [-0.2, 0) is 14.4 Å². The third kappa shape index (κ3) is 6.52. The standard InChI is InChI=1S/C24H26N2O6S/c1-31-16-10-11-20(21(13-16)32-2)26-22(27)14-33-17-7-5-6-15(12-17)25-23(28)18-8-3-4-9-19(18)24(29)30/h3-7,10-13,18-19H,8-9,14H2,1-2H3,(H,25,28)(H,26,27)(H,29,30). The quantitative estimate of drug-likeness (QED) is 0.374. The van der Waals surface area contributed by atoms with Gasteiger partial charge >= 0.3 is 5.97 Å². The van der Waals surface area contributed by atoms with Crippen LogP contribution in [0.2, 0.25) is 0 Å². The molecule has 3 rings (SSSR count). The highest BCUT2D eigenvalue weighted by molar-refractivity contribution is 8.00. The lowest BCUT2D eigenvalue weighted by Gasteiger charge is -2.24. The molecule has 2 unspecified atom stereocenters. The van der Waals surface area contributed by atoms with Crippen molar-refractivity contribution in [2.75, 3.05) is 30.6 Å². The fourth-order valence-corrected chi connectivity index (χ4v) is 4.27. The van der Waals surface area contributed by atoms with Gasteiger partial charge in [0.25, 0.3) is 0 Å². The lowest BCUT2D eigenvalue weighted by Crippen LogP contribution is -2.34. The second-order valence-electron chi connectivity index (χ2n) is 7.41. The van der Waals surface area contributed by atoms with Crippen molar-refractivity contribution < 1.29 is 29.0 Å². The van der Waals surface area contributed by atoms with E-state index < -0.39 is 17.8 Å². The lowest BCUT2D eigenvalue weighted by molar-refractivity contribution is -0.146. The van der Waals surface area contributed by atoms with Crippen molar-refractivity contribution >= 4 is 40.9 Å². The van der Waals surface area contributed by atoms with Crippen molar-refractivity contribution in [3.8, 4) is 11.5 Å². The Labute approximate surface area is 196 Å². The molecule has 0 saturated carbocycles. The summed E-state index contributed by atoms with van der Waals surface area (Å²) in [4.78, 5) is 37.3. The van der Waals surface area contributed by atoms with Crippen molar-refractivity contribution in [3.63, 3.8) is 0 Å². The van der Waals surface area contributed by atoms with Gasteiger partial charge in [-0.2, -0.15) is 0 Å². The number of thioether (sulfide) groups is 1. The maximum absolute atomic E-state index is 12.7. The minimum absolute atomic E-state index is 0.154. The number of methoxy groups -OCH3 is 2. The Bertz CT molecular complexity index is 1060. The van der Waals surface area contributed by atoms with Crippen molar-refractivity contribution in [3.05, 3.63) is 54.6 Å². The van der Waals surface area contributed by atoms with Gasteiger partial charge < -0.3 is 25.2 Å². The van der Waals surface area contributed by atoms with Crippen LogP contribution in [0.4, 0.5) is 11.4 Å². The molecule has 0 bridgehead atoms. The fourth-order valence-electron chi connectivity index (χ4n) is 3.51. The highest BCUT2D eigenvalue weighted by atomic mass is 32.2. The molecule has 2 atom stereocenters. The van der Waals surface area contributed by atoms with Crippen LogP contribution in [0.25, 0.3) is 0 Å². The number of anilines is 2. The molecule has 0 radical (unpaired) electrons. The molecule has 33 heavy (non-hydrogen) atoms. The highest BCUT2D eigenvalue weighted by Crippen LogP contribution is 2.30. The molecule has 0 aliphatic heterocycles. The van der Waals surface area contributed by atoms with E-state index in [1.54, 1.807) is 49.6 Å². The predicted octanol–water partition coefficient (Wildman–Crippen LogP) is 4.04. The molecule has 2 amide bonds. The number of carboxylic acids is 1. The van der Waals surface area contributed by atoms with Gasteiger partial charge in [0.2, 0.25) is 11.8 Å². The molecule has 2 aromatic rings. The lowest BCUT2D eigenvalue weighted by atomic mass is 9.82. The molecular formula is C24H26N2O6S. The zero-order valence-electron chi connectivity index (χ0n) is 18.4. The van der Waals surface area contributed by atoms with E-state index in [1.165, 1.54) is 18.9 Å². The maximum Gasteiger partial charge on any atom is 0.307 e. The molecule has 0 aromatic heterocycles. The molecule has 2 aromatic carbocycles. The molecule has 0 heterocycles. The summed E-state index contributed by atoms with van der Waals surface area (Å²) in [7, 11) is 3.07. The normalized spacial score (nSPS) is 17.2. The van der Waals surface area contributed by atoms with Crippen LogP contribution < -0.4 is 20.1 Å². The number of rotatable bonds is 9.